The van der Waals surface area contributed by atoms with Crippen molar-refractivity contribution < 1.29 is 31.3 Å². The third-order valence-electron chi connectivity index (χ3n) is 2.45. The minimum Gasteiger partial charge on any atom is -0.358 e. The number of aromatic nitrogens is 3. The number of nitro groups is 1. The number of alkyl halides is 6. The molecule has 6 nitrogen and oxygen atoms in total. The van der Waals surface area contributed by atoms with Gasteiger partial charge < -0.3 is 10.1 Å². The first-order valence-corrected chi connectivity index (χ1v) is 5.35. The maximum absolute atomic E-state index is 12.8. The van der Waals surface area contributed by atoms with Crippen LogP contribution in [0.1, 0.15) is 11.4 Å². The first-order chi connectivity index (χ1) is 10.00. The molecule has 2 aromatic heterocycles. The Balaban J connectivity index is 2.58. The number of halogens is 6. The second-order valence-corrected chi connectivity index (χ2v) is 3.95. The summed E-state index contributed by atoms with van der Waals surface area (Å²) >= 11 is 0. The lowest BCUT2D eigenvalue weighted by molar-refractivity contribution is -0.389. The summed E-state index contributed by atoms with van der Waals surface area (Å²) in [5, 5.41) is 13.3. The van der Waals surface area contributed by atoms with Crippen LogP contribution in [0.3, 0.4) is 0 Å². The summed E-state index contributed by atoms with van der Waals surface area (Å²) in [6, 6.07) is 1.42. The van der Waals surface area contributed by atoms with Gasteiger partial charge in [0.2, 0.25) is 0 Å². The van der Waals surface area contributed by atoms with E-state index in [1.807, 2.05) is 0 Å². The molecule has 0 saturated carbocycles. The largest absolute Gasteiger partial charge is 0.435 e. The molecule has 118 valence electrons. The summed E-state index contributed by atoms with van der Waals surface area (Å²) in [7, 11) is 0. The zero-order valence-corrected chi connectivity index (χ0v) is 10.2. The van der Waals surface area contributed by atoms with Crippen LogP contribution in [-0.4, -0.2) is 19.7 Å². The van der Waals surface area contributed by atoms with E-state index in [1.54, 1.807) is 0 Å². The van der Waals surface area contributed by atoms with Crippen molar-refractivity contribution in [3.8, 4) is 5.69 Å². The minimum atomic E-state index is -5.10. The van der Waals surface area contributed by atoms with Gasteiger partial charge >= 0.3 is 18.2 Å². The fourth-order valence-electron chi connectivity index (χ4n) is 1.53. The van der Waals surface area contributed by atoms with Gasteiger partial charge in [0, 0.05) is 12.1 Å². The second-order valence-electron chi connectivity index (χ2n) is 3.95. The van der Waals surface area contributed by atoms with Crippen LogP contribution in [0.5, 0.6) is 0 Å². The molecule has 0 spiro atoms. The first-order valence-electron chi connectivity index (χ1n) is 5.35. The first kappa shape index (κ1) is 15.7. The SMILES string of the molecule is O=[N+]([O-])c1ccc(-n2nc(C(F)(F)F)cc2C(F)(F)F)cn1. The molecule has 22 heavy (non-hydrogen) atoms. The summed E-state index contributed by atoms with van der Waals surface area (Å²) in [6.45, 7) is 0. The lowest BCUT2D eigenvalue weighted by Gasteiger charge is -2.08. The van der Waals surface area contributed by atoms with Crippen molar-refractivity contribution in [1.82, 2.24) is 14.8 Å². The summed E-state index contributed by atoms with van der Waals surface area (Å²) in [5.41, 5.74) is -3.90. The molecule has 0 atom stereocenters. The van der Waals surface area contributed by atoms with Crippen LogP contribution in [-0.2, 0) is 12.4 Å². The Morgan fingerprint density at radius 2 is 1.73 bits per heavy atom. The van der Waals surface area contributed by atoms with Crippen molar-refractivity contribution in [2.45, 2.75) is 12.4 Å². The molecule has 0 aliphatic heterocycles. The van der Waals surface area contributed by atoms with Crippen molar-refractivity contribution >= 4 is 5.82 Å². The number of rotatable bonds is 2. The highest BCUT2D eigenvalue weighted by Gasteiger charge is 2.42. The quantitative estimate of drug-likeness (QED) is 0.482. The van der Waals surface area contributed by atoms with Crippen molar-refractivity contribution in [3.63, 3.8) is 0 Å². The molecule has 2 rings (SSSR count). The van der Waals surface area contributed by atoms with Crippen molar-refractivity contribution in [2.24, 2.45) is 0 Å². The van der Waals surface area contributed by atoms with Gasteiger partial charge in [-0.05, 0) is 16.0 Å². The molecule has 0 bridgehead atoms. The highest BCUT2D eigenvalue weighted by Crippen LogP contribution is 2.36. The molecule has 0 aliphatic rings. The van der Waals surface area contributed by atoms with E-state index in [2.05, 4.69) is 10.1 Å². The number of nitrogens with zero attached hydrogens (tertiary/aromatic N) is 4. The molecular weight excluding hydrogens is 322 g/mol. The fourth-order valence-corrected chi connectivity index (χ4v) is 1.53. The van der Waals surface area contributed by atoms with Crippen molar-refractivity contribution in [3.05, 3.63) is 45.9 Å². The predicted molar refractivity (Wildman–Crippen MR) is 58.0 cm³/mol. The average Bonchev–Trinajstić information content (AvgIpc) is 2.83. The summed E-state index contributed by atoms with van der Waals surface area (Å²) < 4.78 is 75.9. The predicted octanol–water partition coefficient (Wildman–Crippen LogP) is 3.21. The van der Waals surface area contributed by atoms with Gasteiger partial charge in [0.25, 0.3) is 0 Å². The molecule has 0 unspecified atom stereocenters. The summed E-state index contributed by atoms with van der Waals surface area (Å²) in [5.74, 6) is -0.666. The summed E-state index contributed by atoms with van der Waals surface area (Å²) in [4.78, 5) is 12.7. The topological polar surface area (TPSA) is 73.8 Å². The Bertz CT molecular complexity index is 704. The maximum atomic E-state index is 12.8. The van der Waals surface area contributed by atoms with E-state index in [9.17, 15) is 36.5 Å². The fraction of sp³-hybridized carbons (Fsp3) is 0.200. The van der Waals surface area contributed by atoms with Gasteiger partial charge in [-0.15, -0.1) is 0 Å². The molecule has 0 aliphatic carbocycles. The Kier molecular flexibility index (Phi) is 3.55. The smallest absolute Gasteiger partial charge is 0.358 e. The number of hydrogen-bond donors (Lipinski definition) is 0. The van der Waals surface area contributed by atoms with Crippen LogP contribution in [0.15, 0.2) is 24.4 Å². The number of hydrogen-bond acceptors (Lipinski definition) is 4. The number of pyridine rings is 1. The normalized spacial score (nSPS) is 12.5. The van der Waals surface area contributed by atoms with Gasteiger partial charge in [-0.1, -0.05) is 0 Å². The highest BCUT2D eigenvalue weighted by molar-refractivity contribution is 5.36. The van der Waals surface area contributed by atoms with Gasteiger partial charge in [-0.2, -0.15) is 31.4 Å². The second kappa shape index (κ2) is 4.96. The standard InChI is InChI=1S/C10H4F6N4O2/c11-9(12,13)6-3-7(10(14,15)16)19(18-6)5-1-2-8(17-4-5)20(21)22/h1-4H. The molecule has 0 saturated heterocycles. The Labute approximate surface area is 117 Å². The van der Waals surface area contributed by atoms with Crippen molar-refractivity contribution in [1.29, 1.82) is 0 Å². The van der Waals surface area contributed by atoms with Crippen molar-refractivity contribution in [2.75, 3.05) is 0 Å². The molecule has 0 amide bonds. The van der Waals surface area contributed by atoms with Crippen LogP contribution in [0.4, 0.5) is 32.2 Å². The van der Waals surface area contributed by atoms with Crippen LogP contribution >= 0.6 is 0 Å². The minimum absolute atomic E-state index is 0.0143. The van der Waals surface area contributed by atoms with E-state index < -0.39 is 40.2 Å². The zero-order chi connectivity index (χ0) is 16.7. The van der Waals surface area contributed by atoms with E-state index in [0.717, 1.165) is 12.1 Å². The van der Waals surface area contributed by atoms with Gasteiger partial charge in [-0.25, -0.2) is 4.68 Å². The van der Waals surface area contributed by atoms with Gasteiger partial charge in [0.15, 0.2) is 11.9 Å². The van der Waals surface area contributed by atoms with Crippen LogP contribution in [0.2, 0.25) is 0 Å². The monoisotopic (exact) mass is 326 g/mol. The van der Waals surface area contributed by atoms with Crippen LogP contribution in [0.25, 0.3) is 5.69 Å². The molecule has 2 aromatic rings. The van der Waals surface area contributed by atoms with Crippen LogP contribution < -0.4 is 0 Å². The molecule has 0 N–H and O–H groups in total. The van der Waals surface area contributed by atoms with Gasteiger partial charge in [0.1, 0.15) is 11.4 Å². The Hall–Kier alpha value is -2.66. The van der Waals surface area contributed by atoms with E-state index >= 15 is 0 Å². The molecule has 0 fully saturated rings. The molecule has 0 radical (unpaired) electrons. The molecular formula is C10H4F6N4O2. The van der Waals surface area contributed by atoms with Gasteiger partial charge in [-0.3, -0.25) is 0 Å². The molecule has 0 aromatic carbocycles. The van der Waals surface area contributed by atoms with E-state index in [4.69, 9.17) is 0 Å². The van der Waals surface area contributed by atoms with Gasteiger partial charge in [0.05, 0.1) is 0 Å². The van der Waals surface area contributed by atoms with E-state index in [-0.39, 0.29) is 10.7 Å². The lowest BCUT2D eigenvalue weighted by atomic mass is 10.3. The Morgan fingerprint density at radius 3 is 2.14 bits per heavy atom. The maximum Gasteiger partial charge on any atom is 0.435 e. The average molecular weight is 326 g/mol. The Morgan fingerprint density at radius 1 is 1.09 bits per heavy atom. The summed E-state index contributed by atoms with van der Waals surface area (Å²) in [6.07, 6.45) is -9.54. The molecule has 12 heteroatoms. The third kappa shape index (κ3) is 2.99. The highest BCUT2D eigenvalue weighted by atomic mass is 19.4. The molecule has 2 heterocycles. The third-order valence-corrected chi connectivity index (χ3v) is 2.45. The zero-order valence-electron chi connectivity index (χ0n) is 10.2. The van der Waals surface area contributed by atoms with E-state index in [1.165, 1.54) is 0 Å². The van der Waals surface area contributed by atoms with Crippen LogP contribution in [0, 0.1) is 10.1 Å². The van der Waals surface area contributed by atoms with E-state index in [0.29, 0.717) is 6.20 Å². The lowest BCUT2D eigenvalue weighted by Crippen LogP contribution is -2.13.